The standard InChI is InChI=1S/C19H28N6O/c1-7-15-12(2)22-25(13(15)3)11-18(26)24-9-8-16-17(10-24)20-14(4)21-19(16)23(5)6/h7-11H2,1-6H3. The Labute approximate surface area is 155 Å². The number of carbonyl (C=O) groups is 1. The molecule has 26 heavy (non-hydrogen) atoms. The van der Waals surface area contributed by atoms with E-state index in [1.165, 1.54) is 5.56 Å². The summed E-state index contributed by atoms with van der Waals surface area (Å²) in [5, 5.41) is 4.55. The molecule has 1 aliphatic heterocycles. The highest BCUT2D eigenvalue weighted by atomic mass is 16.2. The highest BCUT2D eigenvalue weighted by molar-refractivity contribution is 5.76. The number of rotatable bonds is 4. The van der Waals surface area contributed by atoms with Gasteiger partial charge in [0.05, 0.1) is 17.9 Å². The molecule has 0 spiro atoms. The third-order valence-corrected chi connectivity index (χ3v) is 5.10. The van der Waals surface area contributed by atoms with Crippen molar-refractivity contribution >= 4 is 11.7 Å². The van der Waals surface area contributed by atoms with Gasteiger partial charge in [-0.25, -0.2) is 9.97 Å². The van der Waals surface area contributed by atoms with Gasteiger partial charge in [0.1, 0.15) is 18.2 Å². The zero-order chi connectivity index (χ0) is 19.0. The lowest BCUT2D eigenvalue weighted by atomic mass is 10.0. The molecular weight excluding hydrogens is 328 g/mol. The van der Waals surface area contributed by atoms with Crippen molar-refractivity contribution in [3.05, 3.63) is 34.0 Å². The Morgan fingerprint density at radius 3 is 2.54 bits per heavy atom. The van der Waals surface area contributed by atoms with Crippen LogP contribution in [0.4, 0.5) is 5.82 Å². The first-order valence-electron chi connectivity index (χ1n) is 9.16. The van der Waals surface area contributed by atoms with Gasteiger partial charge >= 0.3 is 0 Å². The number of aryl methyl sites for hydroxylation is 2. The maximum absolute atomic E-state index is 12.9. The molecule has 0 fully saturated rings. The number of fused-ring (bicyclic) bond motifs is 1. The fourth-order valence-corrected chi connectivity index (χ4v) is 3.74. The Morgan fingerprint density at radius 2 is 1.92 bits per heavy atom. The van der Waals surface area contributed by atoms with Crippen molar-refractivity contribution in [2.75, 3.05) is 25.5 Å². The zero-order valence-electron chi connectivity index (χ0n) is 16.6. The van der Waals surface area contributed by atoms with Crippen molar-refractivity contribution in [2.45, 2.75) is 53.6 Å². The maximum Gasteiger partial charge on any atom is 0.244 e. The number of amides is 1. The lowest BCUT2D eigenvalue weighted by molar-refractivity contribution is -0.133. The summed E-state index contributed by atoms with van der Waals surface area (Å²) in [4.78, 5) is 25.9. The SMILES string of the molecule is CCc1c(C)nn(CC(=O)N2CCc3c(nc(C)nc3N(C)C)C2)c1C. The Balaban J connectivity index is 1.80. The number of aromatic nitrogens is 4. The van der Waals surface area contributed by atoms with Crippen molar-refractivity contribution in [1.29, 1.82) is 0 Å². The second-order valence-electron chi connectivity index (χ2n) is 7.14. The summed E-state index contributed by atoms with van der Waals surface area (Å²) < 4.78 is 1.84. The van der Waals surface area contributed by atoms with Gasteiger partial charge in [-0.05, 0) is 39.2 Å². The Morgan fingerprint density at radius 1 is 1.19 bits per heavy atom. The maximum atomic E-state index is 12.9. The molecule has 3 rings (SSSR count). The second-order valence-corrected chi connectivity index (χ2v) is 7.14. The van der Waals surface area contributed by atoms with E-state index in [2.05, 4.69) is 22.0 Å². The van der Waals surface area contributed by atoms with E-state index in [9.17, 15) is 4.79 Å². The van der Waals surface area contributed by atoms with Gasteiger partial charge in [-0.2, -0.15) is 5.10 Å². The number of carbonyl (C=O) groups excluding carboxylic acids is 1. The molecule has 0 aromatic carbocycles. The van der Waals surface area contributed by atoms with Crippen molar-refractivity contribution in [2.24, 2.45) is 0 Å². The van der Waals surface area contributed by atoms with E-state index in [1.54, 1.807) is 0 Å². The highest BCUT2D eigenvalue weighted by Crippen LogP contribution is 2.25. The van der Waals surface area contributed by atoms with Crippen LogP contribution in [0.5, 0.6) is 0 Å². The van der Waals surface area contributed by atoms with Crippen LogP contribution < -0.4 is 4.90 Å². The fourth-order valence-electron chi connectivity index (χ4n) is 3.74. The van der Waals surface area contributed by atoms with Crippen LogP contribution in [0.15, 0.2) is 0 Å². The minimum absolute atomic E-state index is 0.0894. The first kappa shape index (κ1) is 18.4. The van der Waals surface area contributed by atoms with Crippen molar-refractivity contribution < 1.29 is 4.79 Å². The number of hydrogen-bond donors (Lipinski definition) is 0. The van der Waals surface area contributed by atoms with Crippen LogP contribution in [-0.4, -0.2) is 51.2 Å². The third kappa shape index (κ3) is 3.30. The summed E-state index contributed by atoms with van der Waals surface area (Å²) in [7, 11) is 3.99. The van der Waals surface area contributed by atoms with Crippen LogP contribution in [0, 0.1) is 20.8 Å². The van der Waals surface area contributed by atoms with E-state index >= 15 is 0 Å². The van der Waals surface area contributed by atoms with Crippen LogP contribution in [-0.2, 0) is 30.7 Å². The molecule has 1 aliphatic rings. The van der Waals surface area contributed by atoms with Crippen LogP contribution in [0.1, 0.15) is 41.0 Å². The molecule has 0 N–H and O–H groups in total. The number of hydrogen-bond acceptors (Lipinski definition) is 5. The molecule has 1 amide bonds. The highest BCUT2D eigenvalue weighted by Gasteiger charge is 2.26. The van der Waals surface area contributed by atoms with Crippen molar-refractivity contribution in [3.63, 3.8) is 0 Å². The molecule has 2 aromatic heterocycles. The quantitative estimate of drug-likeness (QED) is 0.836. The van der Waals surface area contributed by atoms with E-state index in [0.717, 1.165) is 47.1 Å². The summed E-state index contributed by atoms with van der Waals surface area (Å²) in [6, 6.07) is 0. The van der Waals surface area contributed by atoms with Gasteiger partial charge in [0.15, 0.2) is 0 Å². The Kier molecular flexibility index (Phi) is 4.98. The van der Waals surface area contributed by atoms with Crippen LogP contribution in [0.3, 0.4) is 0 Å². The zero-order valence-corrected chi connectivity index (χ0v) is 16.6. The van der Waals surface area contributed by atoms with Crippen molar-refractivity contribution in [1.82, 2.24) is 24.6 Å². The first-order valence-corrected chi connectivity index (χ1v) is 9.16. The van der Waals surface area contributed by atoms with E-state index in [-0.39, 0.29) is 12.5 Å². The monoisotopic (exact) mass is 356 g/mol. The van der Waals surface area contributed by atoms with E-state index in [4.69, 9.17) is 0 Å². The van der Waals surface area contributed by atoms with E-state index in [0.29, 0.717) is 13.1 Å². The predicted molar refractivity (Wildman–Crippen MR) is 101 cm³/mol. The first-order chi connectivity index (χ1) is 12.3. The topological polar surface area (TPSA) is 67.2 Å². The fraction of sp³-hybridized carbons (Fsp3) is 0.579. The van der Waals surface area contributed by atoms with Crippen LogP contribution in [0.25, 0.3) is 0 Å². The largest absolute Gasteiger partial charge is 0.362 e. The number of anilines is 1. The molecule has 0 radical (unpaired) electrons. The minimum Gasteiger partial charge on any atom is -0.362 e. The Hall–Kier alpha value is -2.44. The number of nitrogens with zero attached hydrogens (tertiary/aromatic N) is 6. The third-order valence-electron chi connectivity index (χ3n) is 5.10. The molecule has 0 unspecified atom stereocenters. The average molecular weight is 356 g/mol. The second kappa shape index (κ2) is 7.05. The lowest BCUT2D eigenvalue weighted by Gasteiger charge is -2.30. The molecule has 0 saturated heterocycles. The summed E-state index contributed by atoms with van der Waals surface area (Å²) in [6.07, 6.45) is 1.72. The van der Waals surface area contributed by atoms with Gasteiger partial charge in [0.25, 0.3) is 0 Å². The van der Waals surface area contributed by atoms with Crippen molar-refractivity contribution in [3.8, 4) is 0 Å². The van der Waals surface area contributed by atoms with Crippen LogP contribution in [0.2, 0.25) is 0 Å². The molecule has 7 heteroatoms. The molecule has 2 aromatic rings. The predicted octanol–water partition coefficient (Wildman–Crippen LogP) is 1.81. The molecule has 140 valence electrons. The normalized spacial score (nSPS) is 13.7. The molecule has 0 bridgehead atoms. The van der Waals surface area contributed by atoms with E-state index < -0.39 is 0 Å². The van der Waals surface area contributed by atoms with Gasteiger partial charge < -0.3 is 9.80 Å². The lowest BCUT2D eigenvalue weighted by Crippen LogP contribution is -2.39. The van der Waals surface area contributed by atoms with Gasteiger partial charge in [-0.15, -0.1) is 0 Å². The smallest absolute Gasteiger partial charge is 0.244 e. The summed E-state index contributed by atoms with van der Waals surface area (Å²) in [5.74, 6) is 1.80. The molecule has 3 heterocycles. The molecule has 0 atom stereocenters. The molecule has 7 nitrogen and oxygen atoms in total. The molecule has 0 aliphatic carbocycles. The Bertz CT molecular complexity index is 839. The molecule has 0 saturated carbocycles. The van der Waals surface area contributed by atoms with Crippen LogP contribution >= 0.6 is 0 Å². The van der Waals surface area contributed by atoms with Gasteiger partial charge in [0.2, 0.25) is 5.91 Å². The average Bonchev–Trinajstić information content (AvgIpc) is 2.86. The van der Waals surface area contributed by atoms with Gasteiger partial charge in [-0.1, -0.05) is 6.92 Å². The molecular formula is C19H28N6O. The summed E-state index contributed by atoms with van der Waals surface area (Å²) >= 11 is 0. The van der Waals surface area contributed by atoms with E-state index in [1.807, 2.05) is 49.3 Å². The minimum atomic E-state index is 0.0894. The van der Waals surface area contributed by atoms with Gasteiger partial charge in [-0.3, -0.25) is 9.48 Å². The summed E-state index contributed by atoms with van der Waals surface area (Å²) in [5.41, 5.74) is 5.46. The summed E-state index contributed by atoms with van der Waals surface area (Å²) in [6.45, 7) is 9.58. The van der Waals surface area contributed by atoms with Gasteiger partial charge in [0, 0.05) is 31.9 Å².